The third-order valence-electron chi connectivity index (χ3n) is 4.06. The molecule has 0 N–H and O–H groups in total. The van der Waals surface area contributed by atoms with E-state index in [0.717, 1.165) is 15.4 Å². The zero-order chi connectivity index (χ0) is 14.4. The van der Waals surface area contributed by atoms with Crippen LogP contribution in [0.15, 0.2) is 69.6 Å². The van der Waals surface area contributed by atoms with Crippen molar-refractivity contribution in [2.45, 2.75) is 6.42 Å². The maximum Gasteiger partial charge on any atom is 0.0399 e. The summed E-state index contributed by atoms with van der Waals surface area (Å²) >= 11 is 7.47. The van der Waals surface area contributed by atoms with Gasteiger partial charge in [-0.2, -0.15) is 0 Å². The van der Waals surface area contributed by atoms with Gasteiger partial charge in [0.2, 0.25) is 0 Å². The van der Waals surface area contributed by atoms with E-state index < -0.39 is 0 Å². The minimum atomic E-state index is 1.00. The molecule has 4 rings (SSSR count). The average Bonchev–Trinajstić information content (AvgIpc) is 2.87. The van der Waals surface area contributed by atoms with Crippen molar-refractivity contribution in [1.82, 2.24) is 0 Å². The van der Waals surface area contributed by atoms with Crippen molar-refractivity contribution < 1.29 is 0 Å². The quantitative estimate of drug-likeness (QED) is 0.345. The van der Waals surface area contributed by atoms with E-state index in [4.69, 9.17) is 0 Å². The Hall–Kier alpha value is -1.38. The molecule has 0 fully saturated rings. The Labute approximate surface area is 141 Å². The van der Waals surface area contributed by atoms with Gasteiger partial charge in [-0.15, -0.1) is 0 Å². The first kappa shape index (κ1) is 13.3. The van der Waals surface area contributed by atoms with E-state index in [1.165, 1.54) is 33.4 Å². The van der Waals surface area contributed by atoms with Crippen LogP contribution in [-0.4, -0.2) is 0 Å². The lowest BCUT2D eigenvalue weighted by atomic mass is 9.96. The molecule has 0 aliphatic heterocycles. The molecule has 0 heterocycles. The SMILES string of the molecule is Brc1cc2c(c(-c3ccccc3)c1Br)Cc1ccccc1-2. The molecule has 3 aromatic carbocycles. The van der Waals surface area contributed by atoms with E-state index >= 15 is 0 Å². The monoisotopic (exact) mass is 398 g/mol. The van der Waals surface area contributed by atoms with Crippen molar-refractivity contribution in [3.8, 4) is 22.3 Å². The van der Waals surface area contributed by atoms with Gasteiger partial charge in [-0.25, -0.2) is 0 Å². The lowest BCUT2D eigenvalue weighted by molar-refractivity contribution is 1.26. The van der Waals surface area contributed by atoms with Gasteiger partial charge in [0.25, 0.3) is 0 Å². The minimum Gasteiger partial charge on any atom is -0.0622 e. The first-order valence-corrected chi connectivity index (χ1v) is 8.49. The van der Waals surface area contributed by atoms with Crippen molar-refractivity contribution in [2.24, 2.45) is 0 Å². The molecule has 0 saturated carbocycles. The van der Waals surface area contributed by atoms with Crippen LogP contribution in [0.4, 0.5) is 0 Å². The van der Waals surface area contributed by atoms with Crippen LogP contribution in [0.1, 0.15) is 11.1 Å². The van der Waals surface area contributed by atoms with E-state index in [0.29, 0.717) is 0 Å². The smallest absolute Gasteiger partial charge is 0.0399 e. The third-order valence-corrected chi connectivity index (χ3v) is 6.05. The molecular formula is C19H12Br2. The van der Waals surface area contributed by atoms with Crippen molar-refractivity contribution >= 4 is 31.9 Å². The third kappa shape index (κ3) is 2.09. The van der Waals surface area contributed by atoms with Crippen molar-refractivity contribution in [1.29, 1.82) is 0 Å². The van der Waals surface area contributed by atoms with E-state index in [1.54, 1.807) is 0 Å². The summed E-state index contributed by atoms with van der Waals surface area (Å²) in [5.74, 6) is 0. The summed E-state index contributed by atoms with van der Waals surface area (Å²) in [6, 6.07) is 21.5. The number of hydrogen-bond donors (Lipinski definition) is 0. The fraction of sp³-hybridized carbons (Fsp3) is 0.0526. The highest BCUT2D eigenvalue weighted by molar-refractivity contribution is 9.13. The standard InChI is InChI=1S/C19H12Br2/c20-17-11-15-14-9-5-4-8-13(14)10-16(15)18(19(17)21)12-6-2-1-3-7-12/h1-9,11H,10H2. The molecule has 0 saturated heterocycles. The van der Waals surface area contributed by atoms with Gasteiger partial charge in [0.05, 0.1) is 0 Å². The number of hydrogen-bond acceptors (Lipinski definition) is 0. The maximum atomic E-state index is 3.77. The predicted octanol–water partition coefficient (Wildman–Crippen LogP) is 6.45. The molecule has 0 aromatic heterocycles. The first-order chi connectivity index (χ1) is 10.3. The van der Waals surface area contributed by atoms with Crippen molar-refractivity contribution in [3.63, 3.8) is 0 Å². The van der Waals surface area contributed by atoms with Crippen LogP contribution in [0.2, 0.25) is 0 Å². The molecule has 3 aromatic rings. The molecular weight excluding hydrogens is 388 g/mol. The average molecular weight is 400 g/mol. The summed E-state index contributed by atoms with van der Waals surface area (Å²) in [4.78, 5) is 0. The number of fused-ring (bicyclic) bond motifs is 3. The van der Waals surface area contributed by atoms with Crippen molar-refractivity contribution in [3.05, 3.63) is 80.7 Å². The van der Waals surface area contributed by atoms with Crippen LogP contribution in [0.3, 0.4) is 0 Å². The van der Waals surface area contributed by atoms with Crippen LogP contribution in [0, 0.1) is 0 Å². The van der Waals surface area contributed by atoms with Crippen LogP contribution in [-0.2, 0) is 6.42 Å². The Morgan fingerprint density at radius 3 is 2.29 bits per heavy atom. The molecule has 0 nitrogen and oxygen atoms in total. The highest BCUT2D eigenvalue weighted by atomic mass is 79.9. The zero-order valence-electron chi connectivity index (χ0n) is 11.2. The highest BCUT2D eigenvalue weighted by Crippen LogP contribution is 2.47. The second-order valence-corrected chi connectivity index (χ2v) is 6.92. The highest BCUT2D eigenvalue weighted by Gasteiger charge is 2.24. The van der Waals surface area contributed by atoms with E-state index in [9.17, 15) is 0 Å². The van der Waals surface area contributed by atoms with Crippen LogP contribution in [0.25, 0.3) is 22.3 Å². The molecule has 102 valence electrons. The largest absolute Gasteiger partial charge is 0.0622 e. The molecule has 0 amide bonds. The van der Waals surface area contributed by atoms with Gasteiger partial charge in [0.1, 0.15) is 0 Å². The fourth-order valence-corrected chi connectivity index (χ4v) is 4.13. The van der Waals surface area contributed by atoms with Crippen LogP contribution < -0.4 is 0 Å². The van der Waals surface area contributed by atoms with Gasteiger partial charge in [-0.1, -0.05) is 54.6 Å². The van der Waals surface area contributed by atoms with Gasteiger partial charge in [0.15, 0.2) is 0 Å². The summed E-state index contributed by atoms with van der Waals surface area (Å²) < 4.78 is 2.25. The molecule has 0 spiro atoms. The summed E-state index contributed by atoms with van der Waals surface area (Å²) in [5, 5.41) is 0. The Morgan fingerprint density at radius 1 is 0.762 bits per heavy atom. The predicted molar refractivity (Wildman–Crippen MR) is 95.5 cm³/mol. The summed E-state index contributed by atoms with van der Waals surface area (Å²) in [7, 11) is 0. The van der Waals surface area contributed by atoms with Gasteiger partial charge >= 0.3 is 0 Å². The summed E-state index contributed by atoms with van der Waals surface area (Å²) in [6.45, 7) is 0. The Kier molecular flexibility index (Phi) is 3.24. The normalized spacial score (nSPS) is 12.1. The number of benzene rings is 3. The van der Waals surface area contributed by atoms with Crippen molar-refractivity contribution in [2.75, 3.05) is 0 Å². The molecule has 0 unspecified atom stereocenters. The maximum absolute atomic E-state index is 3.77. The lowest BCUT2D eigenvalue weighted by Gasteiger charge is -2.13. The molecule has 1 aliphatic rings. The lowest BCUT2D eigenvalue weighted by Crippen LogP contribution is -1.91. The topological polar surface area (TPSA) is 0 Å². The Bertz CT molecular complexity index is 836. The van der Waals surface area contributed by atoms with E-state index in [-0.39, 0.29) is 0 Å². The molecule has 0 atom stereocenters. The minimum absolute atomic E-state index is 1.00. The second-order valence-electron chi connectivity index (χ2n) is 5.27. The molecule has 0 bridgehead atoms. The second kappa shape index (κ2) is 5.11. The fourth-order valence-electron chi connectivity index (χ4n) is 3.12. The number of rotatable bonds is 1. The van der Waals surface area contributed by atoms with Gasteiger partial charge in [-0.05, 0) is 72.2 Å². The molecule has 2 heteroatoms. The van der Waals surface area contributed by atoms with E-state index in [2.05, 4.69) is 92.5 Å². The number of halogens is 2. The first-order valence-electron chi connectivity index (χ1n) is 6.90. The Morgan fingerprint density at radius 2 is 1.48 bits per heavy atom. The molecule has 21 heavy (non-hydrogen) atoms. The van der Waals surface area contributed by atoms with Gasteiger partial charge < -0.3 is 0 Å². The molecule has 0 radical (unpaired) electrons. The Balaban J connectivity index is 2.04. The zero-order valence-corrected chi connectivity index (χ0v) is 14.4. The van der Waals surface area contributed by atoms with E-state index in [1.807, 2.05) is 0 Å². The van der Waals surface area contributed by atoms with Gasteiger partial charge in [0, 0.05) is 14.5 Å². The van der Waals surface area contributed by atoms with Gasteiger partial charge in [-0.3, -0.25) is 0 Å². The molecule has 1 aliphatic carbocycles. The van der Waals surface area contributed by atoms with Crippen LogP contribution >= 0.6 is 31.9 Å². The summed E-state index contributed by atoms with van der Waals surface area (Å²) in [5.41, 5.74) is 8.09. The van der Waals surface area contributed by atoms with Crippen LogP contribution in [0.5, 0.6) is 0 Å². The summed E-state index contributed by atoms with van der Waals surface area (Å²) in [6.07, 6.45) is 1.00.